The number of benzene rings is 3. The molecule has 4 rings (SSSR count). The molecule has 7 heteroatoms. The quantitative estimate of drug-likeness (QED) is 0.361. The van der Waals surface area contributed by atoms with Gasteiger partial charge in [0.25, 0.3) is 11.7 Å². The van der Waals surface area contributed by atoms with Gasteiger partial charge in [-0.15, -0.1) is 0 Å². The number of carboxylic acids is 1. The van der Waals surface area contributed by atoms with Crippen molar-refractivity contribution in [1.82, 2.24) is 0 Å². The number of amides is 1. The van der Waals surface area contributed by atoms with Crippen molar-refractivity contribution in [2.75, 3.05) is 12.0 Å². The SMILES string of the molecule is COc1ccc(C(O)=C2C(=O)C(=O)N(c3ccc(C(=O)O)cc3)[C@H]2c2ccccc2)cc1. The summed E-state index contributed by atoms with van der Waals surface area (Å²) in [4.78, 5) is 38.6. The van der Waals surface area contributed by atoms with Crippen LogP contribution in [0, 0.1) is 0 Å². The Balaban J connectivity index is 1.88. The number of ether oxygens (including phenoxy) is 1. The molecule has 1 fully saturated rings. The summed E-state index contributed by atoms with van der Waals surface area (Å²) in [7, 11) is 1.52. The van der Waals surface area contributed by atoms with Crippen LogP contribution in [0.1, 0.15) is 27.5 Å². The summed E-state index contributed by atoms with van der Waals surface area (Å²) in [5, 5.41) is 20.2. The first-order valence-corrected chi connectivity index (χ1v) is 9.76. The van der Waals surface area contributed by atoms with Crippen LogP contribution in [0.2, 0.25) is 0 Å². The summed E-state index contributed by atoms with van der Waals surface area (Å²) < 4.78 is 5.14. The van der Waals surface area contributed by atoms with E-state index in [-0.39, 0.29) is 16.9 Å². The minimum Gasteiger partial charge on any atom is -0.507 e. The van der Waals surface area contributed by atoms with E-state index in [1.807, 2.05) is 0 Å². The average Bonchev–Trinajstić information content (AvgIpc) is 3.09. The number of ketones is 1. The van der Waals surface area contributed by atoms with Gasteiger partial charge in [0.2, 0.25) is 0 Å². The third-order valence-electron chi connectivity index (χ3n) is 5.32. The topological polar surface area (TPSA) is 104 Å². The van der Waals surface area contributed by atoms with E-state index in [1.165, 1.54) is 36.3 Å². The van der Waals surface area contributed by atoms with E-state index in [4.69, 9.17) is 9.84 Å². The molecule has 1 amide bonds. The predicted molar refractivity (Wildman–Crippen MR) is 118 cm³/mol. The number of carbonyl (C=O) groups excluding carboxylic acids is 2. The van der Waals surface area contributed by atoms with Crippen molar-refractivity contribution in [1.29, 1.82) is 0 Å². The monoisotopic (exact) mass is 429 g/mol. The fourth-order valence-corrected chi connectivity index (χ4v) is 3.72. The number of aromatic carboxylic acids is 1. The molecule has 1 aliphatic rings. The van der Waals surface area contributed by atoms with Gasteiger partial charge >= 0.3 is 5.97 Å². The van der Waals surface area contributed by atoms with Crippen molar-refractivity contribution in [3.05, 3.63) is 101 Å². The van der Waals surface area contributed by atoms with Crippen molar-refractivity contribution in [2.45, 2.75) is 6.04 Å². The standard InChI is InChI=1S/C25H19NO6/c1-32-19-13-9-16(10-14-19)22(27)20-21(15-5-3-2-4-6-15)26(24(29)23(20)28)18-11-7-17(8-12-18)25(30)31/h2-14,21,27H,1H3,(H,30,31)/t21-/m0/s1. The number of hydrogen-bond acceptors (Lipinski definition) is 5. The lowest BCUT2D eigenvalue weighted by atomic mass is 9.95. The van der Waals surface area contributed by atoms with E-state index in [1.54, 1.807) is 54.6 Å². The van der Waals surface area contributed by atoms with Crippen LogP contribution in [-0.2, 0) is 9.59 Å². The molecule has 1 atom stereocenters. The lowest BCUT2D eigenvalue weighted by molar-refractivity contribution is -0.132. The van der Waals surface area contributed by atoms with Crippen LogP contribution >= 0.6 is 0 Å². The fourth-order valence-electron chi connectivity index (χ4n) is 3.72. The smallest absolute Gasteiger partial charge is 0.335 e. The number of nitrogens with zero attached hydrogens (tertiary/aromatic N) is 1. The second-order valence-electron chi connectivity index (χ2n) is 7.16. The second kappa shape index (κ2) is 8.39. The molecule has 0 radical (unpaired) electrons. The van der Waals surface area contributed by atoms with Crippen molar-refractivity contribution in [3.8, 4) is 5.75 Å². The third-order valence-corrected chi connectivity index (χ3v) is 5.32. The normalized spacial score (nSPS) is 17.4. The lowest BCUT2D eigenvalue weighted by Gasteiger charge is -2.25. The van der Waals surface area contributed by atoms with Gasteiger partial charge in [-0.05, 0) is 54.1 Å². The Labute approximate surface area is 183 Å². The van der Waals surface area contributed by atoms with Crippen molar-refractivity contribution >= 4 is 29.1 Å². The molecule has 160 valence electrons. The number of carboxylic acid groups (broad SMARTS) is 1. The summed E-state index contributed by atoms with van der Waals surface area (Å²) in [6, 6.07) is 20.2. The molecule has 0 spiro atoms. The van der Waals surface area contributed by atoms with Gasteiger partial charge in [-0.2, -0.15) is 0 Å². The minimum absolute atomic E-state index is 0.0475. The Morgan fingerprint density at radius 3 is 2.00 bits per heavy atom. The first-order chi connectivity index (χ1) is 15.4. The molecular formula is C25H19NO6. The van der Waals surface area contributed by atoms with Crippen LogP contribution in [0.5, 0.6) is 5.75 Å². The molecule has 0 unspecified atom stereocenters. The Kier molecular flexibility index (Phi) is 5.47. The van der Waals surface area contributed by atoms with Crippen LogP contribution in [0.4, 0.5) is 5.69 Å². The number of aliphatic hydroxyl groups excluding tert-OH is 1. The Hall–Kier alpha value is -4.39. The fraction of sp³-hybridized carbons (Fsp3) is 0.0800. The molecule has 3 aromatic carbocycles. The van der Waals surface area contributed by atoms with Crippen LogP contribution in [0.3, 0.4) is 0 Å². The number of hydrogen-bond donors (Lipinski definition) is 2. The summed E-state index contributed by atoms with van der Waals surface area (Å²) in [5.41, 5.74) is 1.35. The zero-order valence-corrected chi connectivity index (χ0v) is 17.1. The molecule has 0 aromatic heterocycles. The summed E-state index contributed by atoms with van der Waals surface area (Å²) in [5.74, 6) is -2.45. The maximum Gasteiger partial charge on any atom is 0.335 e. The highest BCUT2D eigenvalue weighted by molar-refractivity contribution is 6.51. The van der Waals surface area contributed by atoms with Crippen molar-refractivity contribution < 1.29 is 29.3 Å². The van der Waals surface area contributed by atoms with Crippen LogP contribution in [0.15, 0.2) is 84.4 Å². The Bertz CT molecular complexity index is 1210. The van der Waals surface area contributed by atoms with Crippen LogP contribution < -0.4 is 9.64 Å². The van der Waals surface area contributed by atoms with Crippen molar-refractivity contribution in [3.63, 3.8) is 0 Å². The number of anilines is 1. The lowest BCUT2D eigenvalue weighted by Crippen LogP contribution is -2.29. The van der Waals surface area contributed by atoms with Gasteiger partial charge in [0.05, 0.1) is 24.3 Å². The summed E-state index contributed by atoms with van der Waals surface area (Å²) in [6.07, 6.45) is 0. The van der Waals surface area contributed by atoms with Gasteiger partial charge in [-0.1, -0.05) is 30.3 Å². The number of methoxy groups -OCH3 is 1. The van der Waals surface area contributed by atoms with Gasteiger partial charge in [-0.25, -0.2) is 4.79 Å². The van der Waals surface area contributed by atoms with E-state index < -0.39 is 23.7 Å². The number of Topliss-reactive ketones (excluding diaryl/α,β-unsaturated/α-hetero) is 1. The van der Waals surface area contributed by atoms with E-state index in [9.17, 15) is 19.5 Å². The minimum atomic E-state index is -1.10. The van der Waals surface area contributed by atoms with Gasteiger partial charge in [0.1, 0.15) is 11.5 Å². The molecule has 7 nitrogen and oxygen atoms in total. The van der Waals surface area contributed by atoms with Gasteiger partial charge in [-0.3, -0.25) is 14.5 Å². The molecule has 0 saturated carbocycles. The first-order valence-electron chi connectivity index (χ1n) is 9.76. The molecule has 0 aliphatic carbocycles. The van der Waals surface area contributed by atoms with E-state index in [0.29, 0.717) is 22.6 Å². The molecular weight excluding hydrogens is 410 g/mol. The molecule has 1 aliphatic heterocycles. The Morgan fingerprint density at radius 1 is 0.844 bits per heavy atom. The number of aliphatic hydroxyl groups is 1. The Morgan fingerprint density at radius 2 is 1.44 bits per heavy atom. The largest absolute Gasteiger partial charge is 0.507 e. The molecule has 1 saturated heterocycles. The first kappa shape index (κ1) is 20.9. The maximum atomic E-state index is 13.1. The third kappa shape index (κ3) is 3.60. The highest BCUT2D eigenvalue weighted by Gasteiger charge is 2.46. The number of rotatable bonds is 5. The molecule has 3 aromatic rings. The molecule has 2 N–H and O–H groups in total. The van der Waals surface area contributed by atoms with Crippen LogP contribution in [0.25, 0.3) is 5.76 Å². The van der Waals surface area contributed by atoms with Gasteiger partial charge < -0.3 is 14.9 Å². The highest BCUT2D eigenvalue weighted by Crippen LogP contribution is 2.42. The maximum absolute atomic E-state index is 13.1. The zero-order valence-electron chi connectivity index (χ0n) is 17.1. The highest BCUT2D eigenvalue weighted by atomic mass is 16.5. The van der Waals surface area contributed by atoms with E-state index in [0.717, 1.165) is 0 Å². The summed E-state index contributed by atoms with van der Waals surface area (Å²) >= 11 is 0. The van der Waals surface area contributed by atoms with Crippen LogP contribution in [-0.4, -0.2) is 35.0 Å². The zero-order chi connectivity index (χ0) is 22.8. The molecule has 1 heterocycles. The number of carbonyl (C=O) groups is 3. The van der Waals surface area contributed by atoms with Gasteiger partial charge in [0, 0.05) is 11.3 Å². The molecule has 32 heavy (non-hydrogen) atoms. The molecule has 0 bridgehead atoms. The van der Waals surface area contributed by atoms with E-state index in [2.05, 4.69) is 0 Å². The second-order valence-corrected chi connectivity index (χ2v) is 7.16. The van der Waals surface area contributed by atoms with E-state index >= 15 is 0 Å². The van der Waals surface area contributed by atoms with Crippen molar-refractivity contribution in [2.24, 2.45) is 0 Å². The van der Waals surface area contributed by atoms with Gasteiger partial charge in [0.15, 0.2) is 0 Å². The average molecular weight is 429 g/mol. The summed E-state index contributed by atoms with van der Waals surface area (Å²) in [6.45, 7) is 0. The predicted octanol–water partition coefficient (Wildman–Crippen LogP) is 4.02.